The molecule has 0 radical (unpaired) electrons. The molecule has 0 bridgehead atoms. The molecule has 2 saturated heterocycles. The van der Waals surface area contributed by atoms with Crippen LogP contribution >= 0.6 is 0 Å². The van der Waals surface area contributed by atoms with E-state index in [2.05, 4.69) is 20.1 Å². The lowest BCUT2D eigenvalue weighted by atomic mass is 9.81. The second-order valence-corrected chi connectivity index (χ2v) is 7.58. The minimum atomic E-state index is -0.450. The van der Waals surface area contributed by atoms with Crippen molar-refractivity contribution in [1.82, 2.24) is 0 Å². The van der Waals surface area contributed by atoms with Crippen LogP contribution in [0.15, 0.2) is 35.5 Å². The lowest BCUT2D eigenvalue weighted by Crippen LogP contribution is -2.35. The van der Waals surface area contributed by atoms with E-state index >= 15 is 0 Å². The van der Waals surface area contributed by atoms with Gasteiger partial charge in [-0.25, -0.2) is 9.59 Å². The van der Waals surface area contributed by atoms with Crippen molar-refractivity contribution in [2.75, 3.05) is 0 Å². The van der Waals surface area contributed by atoms with E-state index in [0.29, 0.717) is 11.1 Å². The lowest BCUT2D eigenvalue weighted by Gasteiger charge is -2.29. The molecule has 0 aromatic heterocycles. The molecule has 128 valence electrons. The molecule has 3 fully saturated rings. The van der Waals surface area contributed by atoms with Gasteiger partial charge in [0.2, 0.25) is 0 Å². The minimum Gasteiger partial charge on any atom is -0.458 e. The van der Waals surface area contributed by atoms with Crippen LogP contribution in [0.5, 0.6) is 0 Å². The Labute approximate surface area is 141 Å². The summed E-state index contributed by atoms with van der Waals surface area (Å²) in [4.78, 5) is 24.1. The Hall–Kier alpha value is -1.88. The smallest absolute Gasteiger partial charge is 0.334 e. The van der Waals surface area contributed by atoms with Gasteiger partial charge in [0.05, 0.1) is 5.92 Å². The second kappa shape index (κ2) is 4.82. The second-order valence-electron chi connectivity index (χ2n) is 7.58. The summed E-state index contributed by atoms with van der Waals surface area (Å²) in [6, 6.07) is 0. The number of allylic oxidation sites excluding steroid dienone is 1. The molecular weight excluding hydrogens is 308 g/mol. The molecule has 2 aliphatic carbocycles. The molecule has 24 heavy (non-hydrogen) atoms. The van der Waals surface area contributed by atoms with E-state index in [-0.39, 0.29) is 30.0 Å². The first-order valence-corrected chi connectivity index (χ1v) is 8.39. The Balaban J connectivity index is 1.74. The van der Waals surface area contributed by atoms with Gasteiger partial charge in [-0.15, -0.1) is 0 Å². The van der Waals surface area contributed by atoms with Crippen LogP contribution in [0.4, 0.5) is 0 Å². The molecule has 2 aliphatic heterocycles. The fourth-order valence-corrected chi connectivity index (χ4v) is 4.64. The largest absolute Gasteiger partial charge is 0.458 e. The van der Waals surface area contributed by atoms with E-state index < -0.39 is 17.7 Å². The molecule has 4 rings (SSSR count). The summed E-state index contributed by atoms with van der Waals surface area (Å²) < 4.78 is 17.3. The molecule has 6 atom stereocenters. The van der Waals surface area contributed by atoms with Gasteiger partial charge >= 0.3 is 11.9 Å². The van der Waals surface area contributed by atoms with Crippen LogP contribution in [0.2, 0.25) is 0 Å². The molecule has 5 nitrogen and oxygen atoms in total. The van der Waals surface area contributed by atoms with Crippen molar-refractivity contribution < 1.29 is 23.8 Å². The highest BCUT2D eigenvalue weighted by Gasteiger charge is 2.74. The highest BCUT2D eigenvalue weighted by atomic mass is 16.7. The molecule has 5 heteroatoms. The molecular formula is C19H22O5. The summed E-state index contributed by atoms with van der Waals surface area (Å²) in [5.41, 5.74) is 2.74. The van der Waals surface area contributed by atoms with E-state index in [1.807, 2.05) is 6.92 Å². The Kier molecular flexibility index (Phi) is 3.14. The highest BCUT2D eigenvalue weighted by molar-refractivity contribution is 5.91. The number of hydrogen-bond acceptors (Lipinski definition) is 5. The molecule has 0 aromatic carbocycles. The number of ether oxygens (including phenoxy) is 3. The first-order valence-electron chi connectivity index (χ1n) is 8.39. The van der Waals surface area contributed by atoms with E-state index in [1.165, 1.54) is 5.57 Å². The summed E-state index contributed by atoms with van der Waals surface area (Å²) in [5, 5.41) is 0. The van der Waals surface area contributed by atoms with Crippen molar-refractivity contribution in [1.29, 1.82) is 0 Å². The maximum absolute atomic E-state index is 12.1. The number of carbonyl (C=O) groups excluding carboxylic acids is 2. The minimum absolute atomic E-state index is 0.00668. The number of carbonyl (C=O) groups is 2. The van der Waals surface area contributed by atoms with Crippen molar-refractivity contribution >= 4 is 11.9 Å². The van der Waals surface area contributed by atoms with Crippen molar-refractivity contribution in [3.8, 4) is 0 Å². The van der Waals surface area contributed by atoms with Gasteiger partial charge in [-0.2, -0.15) is 0 Å². The zero-order valence-electron chi connectivity index (χ0n) is 14.3. The van der Waals surface area contributed by atoms with Gasteiger partial charge in [0.15, 0.2) is 6.10 Å². The van der Waals surface area contributed by atoms with E-state index in [0.717, 1.165) is 18.4 Å². The summed E-state index contributed by atoms with van der Waals surface area (Å²) in [6.07, 6.45) is 0.786. The quantitative estimate of drug-likeness (QED) is 0.337. The summed E-state index contributed by atoms with van der Waals surface area (Å²) in [5.74, 6) is -0.798. The number of hydrogen-bond donors (Lipinski definition) is 0. The van der Waals surface area contributed by atoms with Crippen LogP contribution in [-0.4, -0.2) is 35.9 Å². The topological polar surface area (TPSA) is 65.1 Å². The Morgan fingerprint density at radius 3 is 2.79 bits per heavy atom. The predicted octanol–water partition coefficient (Wildman–Crippen LogP) is 2.47. The molecule has 6 unspecified atom stereocenters. The standard InChI is InChI=1S/C19H22O5/c1-8(2)17(20)23-15-12-9(3)6-7-11-10(4)18(21)22-14(11)13(12)19(5)16(15)24-19/h11,13-16H,1,4,6-7H2,2-3,5H3. The highest BCUT2D eigenvalue weighted by Crippen LogP contribution is 2.62. The van der Waals surface area contributed by atoms with Gasteiger partial charge < -0.3 is 14.2 Å². The van der Waals surface area contributed by atoms with Crippen molar-refractivity contribution in [3.05, 3.63) is 35.5 Å². The Bertz CT molecular complexity index is 717. The third-order valence-electron chi connectivity index (χ3n) is 6.01. The average Bonchev–Trinajstić information content (AvgIpc) is 3.08. The summed E-state index contributed by atoms with van der Waals surface area (Å²) in [7, 11) is 0. The summed E-state index contributed by atoms with van der Waals surface area (Å²) in [6.45, 7) is 13.3. The molecule has 0 aromatic rings. The first kappa shape index (κ1) is 15.6. The van der Waals surface area contributed by atoms with E-state index in [9.17, 15) is 9.59 Å². The zero-order chi connectivity index (χ0) is 17.4. The zero-order valence-corrected chi connectivity index (χ0v) is 14.3. The van der Waals surface area contributed by atoms with Crippen LogP contribution in [0.1, 0.15) is 33.6 Å². The van der Waals surface area contributed by atoms with Gasteiger partial charge in [-0.05, 0) is 39.2 Å². The van der Waals surface area contributed by atoms with Gasteiger partial charge in [0, 0.05) is 17.1 Å². The number of fused-ring (bicyclic) bond motifs is 5. The van der Waals surface area contributed by atoms with Crippen molar-refractivity contribution in [2.45, 2.75) is 57.5 Å². The number of esters is 2. The Morgan fingerprint density at radius 1 is 1.42 bits per heavy atom. The van der Waals surface area contributed by atoms with Gasteiger partial charge in [-0.3, -0.25) is 0 Å². The third-order valence-corrected chi connectivity index (χ3v) is 6.01. The van der Waals surface area contributed by atoms with Crippen LogP contribution < -0.4 is 0 Å². The fourth-order valence-electron chi connectivity index (χ4n) is 4.64. The van der Waals surface area contributed by atoms with E-state index in [1.54, 1.807) is 6.92 Å². The van der Waals surface area contributed by atoms with Crippen LogP contribution in [0.3, 0.4) is 0 Å². The summed E-state index contributed by atoms with van der Waals surface area (Å²) >= 11 is 0. The predicted molar refractivity (Wildman–Crippen MR) is 85.9 cm³/mol. The molecule has 1 saturated carbocycles. The third kappa shape index (κ3) is 1.91. The first-order chi connectivity index (χ1) is 11.3. The van der Waals surface area contributed by atoms with Crippen LogP contribution in [0, 0.1) is 11.8 Å². The van der Waals surface area contributed by atoms with Crippen LogP contribution in [-0.2, 0) is 23.8 Å². The monoisotopic (exact) mass is 330 g/mol. The molecule has 0 amide bonds. The molecule has 0 N–H and O–H groups in total. The Morgan fingerprint density at radius 2 is 2.12 bits per heavy atom. The maximum atomic E-state index is 12.1. The van der Waals surface area contributed by atoms with Gasteiger partial charge in [-0.1, -0.05) is 18.7 Å². The van der Waals surface area contributed by atoms with Crippen molar-refractivity contribution in [2.24, 2.45) is 11.8 Å². The van der Waals surface area contributed by atoms with Gasteiger partial charge in [0.25, 0.3) is 0 Å². The number of rotatable bonds is 2. The van der Waals surface area contributed by atoms with E-state index in [4.69, 9.17) is 14.2 Å². The number of epoxide rings is 1. The normalized spacial score (nSPS) is 42.7. The molecule has 2 heterocycles. The molecule has 0 spiro atoms. The SMILES string of the molecule is C=C(C)C(=O)OC1C2=C(C)CCC3C(=C)C(=O)OC3C2C2(C)OC12. The average molecular weight is 330 g/mol. The van der Waals surface area contributed by atoms with Crippen molar-refractivity contribution in [3.63, 3.8) is 0 Å². The molecule has 4 aliphatic rings. The van der Waals surface area contributed by atoms with Gasteiger partial charge in [0.1, 0.15) is 17.8 Å². The fraction of sp³-hybridized carbons (Fsp3) is 0.579. The maximum Gasteiger partial charge on any atom is 0.334 e. The lowest BCUT2D eigenvalue weighted by molar-refractivity contribution is -0.145. The van der Waals surface area contributed by atoms with Crippen LogP contribution in [0.25, 0.3) is 0 Å².